The van der Waals surface area contributed by atoms with Crippen LogP contribution in [-0.2, 0) is 6.54 Å². The third kappa shape index (κ3) is 3.28. The molecule has 1 fully saturated rings. The zero-order valence-corrected chi connectivity index (χ0v) is 13.3. The van der Waals surface area contributed by atoms with E-state index in [0.29, 0.717) is 4.88 Å². The van der Waals surface area contributed by atoms with Crippen LogP contribution in [0.25, 0.3) is 0 Å². The van der Waals surface area contributed by atoms with E-state index in [2.05, 4.69) is 14.8 Å². The first-order valence-electron chi connectivity index (χ1n) is 7.33. The molecule has 0 atom stereocenters. The third-order valence-corrected chi connectivity index (χ3v) is 5.21. The Kier molecular flexibility index (Phi) is 4.40. The predicted molar refractivity (Wildman–Crippen MR) is 87.7 cm³/mol. The number of rotatable bonds is 4. The molecule has 0 bridgehead atoms. The van der Waals surface area contributed by atoms with Crippen LogP contribution < -0.4 is 4.90 Å². The summed E-state index contributed by atoms with van der Waals surface area (Å²) in [6.45, 7) is 6.78. The summed E-state index contributed by atoms with van der Waals surface area (Å²) in [5.41, 5.74) is 2.30. The van der Waals surface area contributed by atoms with Crippen LogP contribution in [0.3, 0.4) is 0 Å². The van der Waals surface area contributed by atoms with Crippen LogP contribution in [-0.4, -0.2) is 47.1 Å². The molecule has 0 saturated carbocycles. The quantitative estimate of drug-likeness (QED) is 0.939. The van der Waals surface area contributed by atoms with Gasteiger partial charge in [0.15, 0.2) is 0 Å². The Morgan fingerprint density at radius 3 is 2.55 bits per heavy atom. The average Bonchev–Trinajstić information content (AvgIpc) is 2.90. The van der Waals surface area contributed by atoms with Gasteiger partial charge in [-0.05, 0) is 30.7 Å². The standard InChI is InChI=1S/C16H19N3O2S/c1-12-10-14(16(20)21)22-15(12)11-18-6-8-19(9-7-18)13-2-4-17-5-3-13/h2-5,10H,6-9,11H2,1H3,(H,20,21). The Hall–Kier alpha value is -1.92. The Morgan fingerprint density at radius 2 is 1.95 bits per heavy atom. The van der Waals surface area contributed by atoms with E-state index in [0.717, 1.165) is 43.2 Å². The summed E-state index contributed by atoms with van der Waals surface area (Å²) >= 11 is 1.40. The Balaban J connectivity index is 1.59. The van der Waals surface area contributed by atoms with Gasteiger partial charge in [-0.3, -0.25) is 9.88 Å². The predicted octanol–water partition coefficient (Wildman–Crippen LogP) is 2.47. The summed E-state index contributed by atoms with van der Waals surface area (Å²) in [5, 5.41) is 9.07. The van der Waals surface area contributed by atoms with Crippen LogP contribution >= 0.6 is 11.3 Å². The summed E-state index contributed by atoms with van der Waals surface area (Å²) in [7, 11) is 0. The van der Waals surface area contributed by atoms with Crippen molar-refractivity contribution >= 4 is 23.0 Å². The third-order valence-electron chi connectivity index (χ3n) is 4.00. The second kappa shape index (κ2) is 6.46. The van der Waals surface area contributed by atoms with Gasteiger partial charge in [0, 0.05) is 55.7 Å². The molecule has 1 aliphatic heterocycles. The maximum absolute atomic E-state index is 11.0. The molecule has 22 heavy (non-hydrogen) atoms. The Bertz CT molecular complexity index is 649. The number of hydrogen-bond acceptors (Lipinski definition) is 5. The second-order valence-corrected chi connectivity index (χ2v) is 6.63. The number of carboxylic acids is 1. The van der Waals surface area contributed by atoms with Crippen molar-refractivity contribution < 1.29 is 9.90 Å². The van der Waals surface area contributed by atoms with Gasteiger partial charge in [-0.2, -0.15) is 0 Å². The normalized spacial score (nSPS) is 16.0. The highest BCUT2D eigenvalue weighted by atomic mass is 32.1. The van der Waals surface area contributed by atoms with E-state index in [1.807, 2.05) is 31.5 Å². The lowest BCUT2D eigenvalue weighted by atomic mass is 10.2. The molecular weight excluding hydrogens is 298 g/mol. The molecule has 3 heterocycles. The zero-order valence-electron chi connectivity index (χ0n) is 12.5. The summed E-state index contributed by atoms with van der Waals surface area (Å²) in [4.78, 5) is 21.4. The maximum Gasteiger partial charge on any atom is 0.345 e. The Labute approximate surface area is 133 Å². The first kappa shape index (κ1) is 15.0. The van der Waals surface area contributed by atoms with Crippen LogP contribution in [0.15, 0.2) is 30.6 Å². The van der Waals surface area contributed by atoms with Gasteiger partial charge in [0.1, 0.15) is 4.88 Å². The molecule has 6 heteroatoms. The van der Waals surface area contributed by atoms with Crippen molar-refractivity contribution in [1.82, 2.24) is 9.88 Å². The Morgan fingerprint density at radius 1 is 1.27 bits per heavy atom. The fourth-order valence-corrected chi connectivity index (χ4v) is 3.76. The van der Waals surface area contributed by atoms with E-state index in [-0.39, 0.29) is 0 Å². The monoisotopic (exact) mass is 317 g/mol. The lowest BCUT2D eigenvalue weighted by Crippen LogP contribution is -2.45. The van der Waals surface area contributed by atoms with E-state index < -0.39 is 5.97 Å². The number of thiophene rings is 1. The summed E-state index contributed by atoms with van der Waals surface area (Å²) in [6.07, 6.45) is 3.65. The van der Waals surface area contributed by atoms with Gasteiger partial charge in [0.05, 0.1) is 0 Å². The SMILES string of the molecule is Cc1cc(C(=O)O)sc1CN1CCN(c2ccncc2)CC1. The van der Waals surface area contributed by atoms with Crippen molar-refractivity contribution in [3.05, 3.63) is 45.9 Å². The molecule has 0 radical (unpaired) electrons. The molecule has 2 aromatic rings. The highest BCUT2D eigenvalue weighted by Crippen LogP contribution is 2.24. The minimum Gasteiger partial charge on any atom is -0.477 e. The lowest BCUT2D eigenvalue weighted by Gasteiger charge is -2.35. The number of pyridine rings is 1. The van der Waals surface area contributed by atoms with Gasteiger partial charge < -0.3 is 10.0 Å². The average molecular weight is 317 g/mol. The van der Waals surface area contributed by atoms with Crippen LogP contribution in [0.4, 0.5) is 5.69 Å². The van der Waals surface area contributed by atoms with E-state index in [1.54, 1.807) is 6.07 Å². The summed E-state index contributed by atoms with van der Waals surface area (Å²) in [5.74, 6) is -0.832. The number of aromatic carboxylic acids is 1. The first-order chi connectivity index (χ1) is 10.6. The van der Waals surface area contributed by atoms with Crippen molar-refractivity contribution in [2.75, 3.05) is 31.1 Å². The molecule has 1 aliphatic rings. The van der Waals surface area contributed by atoms with Crippen molar-refractivity contribution in [2.24, 2.45) is 0 Å². The number of carbonyl (C=O) groups is 1. The fraction of sp³-hybridized carbons (Fsp3) is 0.375. The van der Waals surface area contributed by atoms with Gasteiger partial charge >= 0.3 is 5.97 Å². The molecule has 116 valence electrons. The number of aryl methyl sites for hydroxylation is 1. The second-order valence-electron chi connectivity index (χ2n) is 5.49. The molecule has 1 N–H and O–H groups in total. The van der Waals surface area contributed by atoms with Crippen LogP contribution in [0.1, 0.15) is 20.1 Å². The highest BCUT2D eigenvalue weighted by molar-refractivity contribution is 7.14. The number of hydrogen-bond donors (Lipinski definition) is 1. The molecule has 5 nitrogen and oxygen atoms in total. The summed E-state index contributed by atoms with van der Waals surface area (Å²) < 4.78 is 0. The number of nitrogens with zero attached hydrogens (tertiary/aromatic N) is 3. The number of anilines is 1. The van der Waals surface area contributed by atoms with Crippen LogP contribution in [0.2, 0.25) is 0 Å². The highest BCUT2D eigenvalue weighted by Gasteiger charge is 2.19. The van der Waals surface area contributed by atoms with Gasteiger partial charge in [-0.25, -0.2) is 4.79 Å². The number of aromatic nitrogens is 1. The van der Waals surface area contributed by atoms with Gasteiger partial charge in [0.25, 0.3) is 0 Å². The van der Waals surface area contributed by atoms with E-state index in [1.165, 1.54) is 17.0 Å². The topological polar surface area (TPSA) is 56.7 Å². The first-order valence-corrected chi connectivity index (χ1v) is 8.15. The van der Waals surface area contributed by atoms with Crippen molar-refractivity contribution in [3.63, 3.8) is 0 Å². The zero-order chi connectivity index (χ0) is 15.5. The molecule has 0 aliphatic carbocycles. The fourth-order valence-electron chi connectivity index (χ4n) is 2.70. The largest absolute Gasteiger partial charge is 0.477 e. The van der Waals surface area contributed by atoms with E-state index in [9.17, 15) is 4.79 Å². The summed E-state index contributed by atoms with van der Waals surface area (Å²) in [6, 6.07) is 5.85. The van der Waals surface area contributed by atoms with Crippen molar-refractivity contribution in [1.29, 1.82) is 0 Å². The van der Waals surface area contributed by atoms with Gasteiger partial charge in [-0.1, -0.05) is 0 Å². The van der Waals surface area contributed by atoms with Crippen LogP contribution in [0.5, 0.6) is 0 Å². The molecular formula is C16H19N3O2S. The van der Waals surface area contributed by atoms with Crippen molar-refractivity contribution in [2.45, 2.75) is 13.5 Å². The smallest absolute Gasteiger partial charge is 0.345 e. The minimum absolute atomic E-state index is 0.433. The van der Waals surface area contributed by atoms with E-state index >= 15 is 0 Å². The molecule has 2 aromatic heterocycles. The lowest BCUT2D eigenvalue weighted by molar-refractivity contribution is 0.0702. The minimum atomic E-state index is -0.832. The molecule has 0 spiro atoms. The molecule has 1 saturated heterocycles. The van der Waals surface area contributed by atoms with E-state index in [4.69, 9.17) is 5.11 Å². The number of carboxylic acid groups (broad SMARTS) is 1. The molecule has 0 aromatic carbocycles. The molecule has 0 unspecified atom stereocenters. The maximum atomic E-state index is 11.0. The molecule has 0 amide bonds. The molecule has 3 rings (SSSR count). The van der Waals surface area contributed by atoms with Crippen LogP contribution in [0, 0.1) is 6.92 Å². The number of piperazine rings is 1. The van der Waals surface area contributed by atoms with Gasteiger partial charge in [0.2, 0.25) is 0 Å². The van der Waals surface area contributed by atoms with Crippen molar-refractivity contribution in [3.8, 4) is 0 Å². The van der Waals surface area contributed by atoms with Gasteiger partial charge in [-0.15, -0.1) is 11.3 Å².